The number of nitrogens with zero attached hydrogens (tertiary/aromatic N) is 3. The van der Waals surface area contributed by atoms with Crippen molar-refractivity contribution in [2.45, 2.75) is 20.0 Å². The maximum Gasteiger partial charge on any atom is 0.224 e. The molecule has 1 atom stereocenters. The van der Waals surface area contributed by atoms with Crippen LogP contribution in [-0.2, 0) is 4.74 Å². The van der Waals surface area contributed by atoms with Crippen LogP contribution >= 0.6 is 0 Å². The second-order valence-corrected chi connectivity index (χ2v) is 4.07. The van der Waals surface area contributed by atoms with Gasteiger partial charge in [-0.1, -0.05) is 0 Å². The highest BCUT2D eigenvalue weighted by Gasteiger charge is 2.18. The van der Waals surface area contributed by atoms with Crippen molar-refractivity contribution in [2.75, 3.05) is 37.0 Å². The first kappa shape index (κ1) is 11.1. The lowest BCUT2D eigenvalue weighted by molar-refractivity contribution is 0.0529. The summed E-state index contributed by atoms with van der Waals surface area (Å²) in [5.41, 5.74) is 0.980. The molecule has 0 radical (unpaired) electrons. The van der Waals surface area contributed by atoms with Gasteiger partial charge in [-0.3, -0.25) is 0 Å². The van der Waals surface area contributed by atoms with Gasteiger partial charge < -0.3 is 15.0 Å². The number of nitrogens with one attached hydrogen (secondary N) is 1. The van der Waals surface area contributed by atoms with Crippen molar-refractivity contribution in [1.82, 2.24) is 9.97 Å². The molecule has 1 aliphatic heterocycles. The van der Waals surface area contributed by atoms with Crippen LogP contribution in [0.25, 0.3) is 0 Å². The summed E-state index contributed by atoms with van der Waals surface area (Å²) in [6, 6.07) is 2.01. The molecule has 0 bridgehead atoms. The third-order valence-corrected chi connectivity index (χ3v) is 2.63. The second kappa shape index (κ2) is 4.65. The summed E-state index contributed by atoms with van der Waals surface area (Å²) in [4.78, 5) is 11.0. The Hall–Kier alpha value is -1.36. The molecule has 1 aromatic heterocycles. The Labute approximate surface area is 95.8 Å². The average molecular weight is 222 g/mol. The van der Waals surface area contributed by atoms with Gasteiger partial charge in [0.15, 0.2) is 0 Å². The van der Waals surface area contributed by atoms with Gasteiger partial charge in [0.1, 0.15) is 5.82 Å². The summed E-state index contributed by atoms with van der Waals surface area (Å²) in [7, 11) is 1.83. The Kier molecular flexibility index (Phi) is 3.24. The first-order chi connectivity index (χ1) is 7.69. The van der Waals surface area contributed by atoms with Crippen LogP contribution in [0.5, 0.6) is 0 Å². The van der Waals surface area contributed by atoms with E-state index in [4.69, 9.17) is 4.74 Å². The van der Waals surface area contributed by atoms with Crippen LogP contribution in [-0.4, -0.2) is 42.8 Å². The molecule has 0 saturated carbocycles. The lowest BCUT2D eigenvalue weighted by Crippen LogP contribution is -2.41. The van der Waals surface area contributed by atoms with Gasteiger partial charge in [-0.05, 0) is 13.8 Å². The normalized spacial score (nSPS) is 20.9. The number of ether oxygens (including phenoxy) is 1. The molecule has 5 heteroatoms. The number of hydrogen-bond acceptors (Lipinski definition) is 5. The zero-order valence-corrected chi connectivity index (χ0v) is 10.0. The Morgan fingerprint density at radius 3 is 3.00 bits per heavy atom. The Morgan fingerprint density at radius 1 is 1.50 bits per heavy atom. The third-order valence-electron chi connectivity index (χ3n) is 2.63. The van der Waals surface area contributed by atoms with Crippen molar-refractivity contribution in [3.8, 4) is 0 Å². The van der Waals surface area contributed by atoms with E-state index >= 15 is 0 Å². The molecular weight excluding hydrogens is 204 g/mol. The maximum absolute atomic E-state index is 5.52. The molecule has 88 valence electrons. The fourth-order valence-corrected chi connectivity index (χ4v) is 1.85. The van der Waals surface area contributed by atoms with E-state index in [9.17, 15) is 0 Å². The molecule has 16 heavy (non-hydrogen) atoms. The fraction of sp³-hybridized carbons (Fsp3) is 0.636. The Balaban J connectivity index is 2.21. The summed E-state index contributed by atoms with van der Waals surface area (Å²) >= 11 is 0. The number of morpholine rings is 1. The lowest BCUT2D eigenvalue weighted by atomic mass is 10.3. The van der Waals surface area contributed by atoms with Crippen LogP contribution in [0.1, 0.15) is 12.6 Å². The van der Waals surface area contributed by atoms with Gasteiger partial charge in [0.25, 0.3) is 0 Å². The Bertz CT molecular complexity index is 369. The van der Waals surface area contributed by atoms with Crippen LogP contribution in [0.2, 0.25) is 0 Å². The average Bonchev–Trinajstić information content (AvgIpc) is 2.28. The summed E-state index contributed by atoms with van der Waals surface area (Å²) in [6.07, 6.45) is 0.266. The minimum atomic E-state index is 0.266. The van der Waals surface area contributed by atoms with E-state index in [-0.39, 0.29) is 6.10 Å². The minimum Gasteiger partial charge on any atom is -0.375 e. The lowest BCUT2D eigenvalue weighted by Gasteiger charge is -2.32. The molecule has 0 spiro atoms. The standard InChI is InChI=1S/C11H18N4O/c1-8-6-10(14-11(12-3)13-8)15-4-5-16-9(2)7-15/h6,9H,4-5,7H2,1-3H3,(H,12,13,14). The van der Waals surface area contributed by atoms with E-state index in [1.54, 1.807) is 0 Å². The van der Waals surface area contributed by atoms with Crippen molar-refractivity contribution >= 4 is 11.8 Å². The number of aryl methyl sites for hydroxylation is 1. The third kappa shape index (κ3) is 2.41. The highest BCUT2D eigenvalue weighted by atomic mass is 16.5. The summed E-state index contributed by atoms with van der Waals surface area (Å²) in [6.45, 7) is 6.61. The quantitative estimate of drug-likeness (QED) is 0.810. The van der Waals surface area contributed by atoms with Crippen molar-refractivity contribution in [3.05, 3.63) is 11.8 Å². The maximum atomic E-state index is 5.52. The van der Waals surface area contributed by atoms with E-state index in [0.29, 0.717) is 5.95 Å². The zero-order valence-electron chi connectivity index (χ0n) is 10.0. The Morgan fingerprint density at radius 2 is 2.31 bits per heavy atom. The molecular formula is C11H18N4O. The van der Waals surface area contributed by atoms with Crippen molar-refractivity contribution in [2.24, 2.45) is 0 Å². The minimum absolute atomic E-state index is 0.266. The van der Waals surface area contributed by atoms with E-state index in [1.165, 1.54) is 0 Å². The predicted octanol–water partition coefficient (Wildman–Crippen LogP) is 1.05. The molecule has 1 unspecified atom stereocenters. The highest BCUT2D eigenvalue weighted by molar-refractivity contribution is 5.44. The molecule has 0 amide bonds. The van der Waals surface area contributed by atoms with Crippen LogP contribution < -0.4 is 10.2 Å². The number of anilines is 2. The number of aromatic nitrogens is 2. The number of rotatable bonds is 2. The largest absolute Gasteiger partial charge is 0.375 e. The summed E-state index contributed by atoms with van der Waals surface area (Å²) < 4.78 is 5.52. The highest BCUT2D eigenvalue weighted by Crippen LogP contribution is 2.17. The molecule has 1 saturated heterocycles. The summed E-state index contributed by atoms with van der Waals surface area (Å²) in [5, 5.41) is 2.98. The molecule has 2 heterocycles. The van der Waals surface area contributed by atoms with E-state index in [1.807, 2.05) is 20.0 Å². The molecule has 0 aromatic carbocycles. The molecule has 0 aliphatic carbocycles. The van der Waals surface area contributed by atoms with Crippen LogP contribution in [0, 0.1) is 6.92 Å². The molecule has 5 nitrogen and oxygen atoms in total. The predicted molar refractivity (Wildman–Crippen MR) is 63.9 cm³/mol. The van der Waals surface area contributed by atoms with Crippen LogP contribution in [0.3, 0.4) is 0 Å². The molecule has 1 N–H and O–H groups in total. The first-order valence-electron chi connectivity index (χ1n) is 5.59. The van der Waals surface area contributed by atoms with E-state index in [0.717, 1.165) is 31.2 Å². The van der Waals surface area contributed by atoms with Crippen molar-refractivity contribution in [1.29, 1.82) is 0 Å². The van der Waals surface area contributed by atoms with Crippen molar-refractivity contribution in [3.63, 3.8) is 0 Å². The first-order valence-corrected chi connectivity index (χ1v) is 5.59. The van der Waals surface area contributed by atoms with Gasteiger partial charge in [-0.2, -0.15) is 4.98 Å². The second-order valence-electron chi connectivity index (χ2n) is 4.07. The van der Waals surface area contributed by atoms with Gasteiger partial charge in [0.05, 0.1) is 12.7 Å². The molecule has 1 aliphatic rings. The van der Waals surface area contributed by atoms with Gasteiger partial charge >= 0.3 is 0 Å². The molecule has 1 fully saturated rings. The van der Waals surface area contributed by atoms with Gasteiger partial charge in [-0.25, -0.2) is 4.98 Å². The van der Waals surface area contributed by atoms with Gasteiger partial charge in [0, 0.05) is 31.9 Å². The number of hydrogen-bond donors (Lipinski definition) is 1. The van der Waals surface area contributed by atoms with E-state index in [2.05, 4.69) is 27.1 Å². The fourth-order valence-electron chi connectivity index (χ4n) is 1.85. The summed E-state index contributed by atoms with van der Waals surface area (Å²) in [5.74, 6) is 1.65. The SMILES string of the molecule is CNc1nc(C)cc(N2CCOC(C)C2)n1. The van der Waals surface area contributed by atoms with Crippen molar-refractivity contribution < 1.29 is 4.74 Å². The van der Waals surface area contributed by atoms with Crippen LogP contribution in [0.4, 0.5) is 11.8 Å². The monoisotopic (exact) mass is 222 g/mol. The van der Waals surface area contributed by atoms with E-state index < -0.39 is 0 Å². The zero-order chi connectivity index (χ0) is 11.5. The van der Waals surface area contributed by atoms with Gasteiger partial charge in [-0.15, -0.1) is 0 Å². The van der Waals surface area contributed by atoms with Crippen LogP contribution in [0.15, 0.2) is 6.07 Å². The molecule has 2 rings (SSSR count). The molecule has 1 aromatic rings. The van der Waals surface area contributed by atoms with Gasteiger partial charge in [0.2, 0.25) is 5.95 Å². The smallest absolute Gasteiger partial charge is 0.224 e. The topological polar surface area (TPSA) is 50.3 Å².